The first-order valence-corrected chi connectivity index (χ1v) is 5.60. The molecule has 1 aromatic carbocycles. The van der Waals surface area contributed by atoms with Crippen LogP contribution < -0.4 is 5.73 Å². The minimum atomic E-state index is -0.624. The Kier molecular flexibility index (Phi) is 3.53. The monoisotopic (exact) mass is 256 g/mol. The number of carbonyl (C=O) groups excluding carboxylic acids is 1. The van der Waals surface area contributed by atoms with Crippen molar-refractivity contribution in [3.63, 3.8) is 0 Å². The third-order valence-corrected chi connectivity index (χ3v) is 2.78. The Hall–Kier alpha value is -2.74. The molecule has 0 fully saturated rings. The largest absolute Gasteiger partial charge is 0.463 e. The Bertz CT molecular complexity index is 597. The van der Waals surface area contributed by atoms with Gasteiger partial charge in [-0.2, -0.15) is 5.26 Å². The number of carbonyl (C=O) groups is 1. The van der Waals surface area contributed by atoms with Gasteiger partial charge in [0.2, 0.25) is 11.6 Å². The van der Waals surface area contributed by atoms with Crippen LogP contribution in [0.25, 0.3) is 0 Å². The van der Waals surface area contributed by atoms with Crippen LogP contribution in [0.15, 0.2) is 53.6 Å². The summed E-state index contributed by atoms with van der Waals surface area (Å²) in [7, 11) is 1.25. The lowest BCUT2D eigenvalue weighted by Crippen LogP contribution is -2.20. The highest BCUT2D eigenvalue weighted by Crippen LogP contribution is 2.32. The molecule has 0 unspecified atom stereocenters. The lowest BCUT2D eigenvalue weighted by atomic mass is 9.90. The van der Waals surface area contributed by atoms with Gasteiger partial charge in [0, 0.05) is 5.92 Å². The molecule has 1 atom stereocenters. The highest BCUT2D eigenvalue weighted by molar-refractivity contribution is 5.87. The van der Waals surface area contributed by atoms with Crippen molar-refractivity contribution in [3.05, 3.63) is 59.2 Å². The molecule has 0 aliphatic carbocycles. The lowest BCUT2D eigenvalue weighted by molar-refractivity contribution is -0.139. The average Bonchev–Trinajstić information content (AvgIpc) is 2.46. The molecule has 0 aromatic heterocycles. The van der Waals surface area contributed by atoms with Crippen LogP contribution in [-0.4, -0.2) is 13.1 Å². The van der Waals surface area contributed by atoms with Gasteiger partial charge in [0.05, 0.1) is 7.11 Å². The second kappa shape index (κ2) is 5.27. The predicted octanol–water partition coefficient (Wildman–Crippen LogP) is 1.55. The predicted molar refractivity (Wildman–Crippen MR) is 67.2 cm³/mol. The van der Waals surface area contributed by atoms with Crippen molar-refractivity contribution in [3.8, 4) is 6.07 Å². The number of ether oxygens (including phenoxy) is 2. The van der Waals surface area contributed by atoms with Crippen LogP contribution >= 0.6 is 0 Å². The number of hydrogen-bond donors (Lipinski definition) is 1. The van der Waals surface area contributed by atoms with Gasteiger partial charge in [0.1, 0.15) is 11.6 Å². The van der Waals surface area contributed by atoms with Crippen molar-refractivity contribution >= 4 is 5.97 Å². The van der Waals surface area contributed by atoms with Crippen molar-refractivity contribution < 1.29 is 14.3 Å². The summed E-state index contributed by atoms with van der Waals surface area (Å²) in [5, 5.41) is 9.16. The summed E-state index contributed by atoms with van der Waals surface area (Å²) >= 11 is 0. The van der Waals surface area contributed by atoms with Gasteiger partial charge in [-0.05, 0) is 11.6 Å². The van der Waals surface area contributed by atoms with Crippen molar-refractivity contribution in [2.75, 3.05) is 7.11 Å². The highest BCUT2D eigenvalue weighted by Gasteiger charge is 2.28. The van der Waals surface area contributed by atoms with Crippen molar-refractivity contribution in [1.82, 2.24) is 0 Å². The van der Waals surface area contributed by atoms with E-state index in [4.69, 9.17) is 15.7 Å². The molecule has 1 aromatic rings. The SMILES string of the molecule is COC(=O)C1=C[C@H](c2ccccc2)C(C#N)=C(N)O1. The molecule has 19 heavy (non-hydrogen) atoms. The third-order valence-electron chi connectivity index (χ3n) is 2.78. The van der Waals surface area contributed by atoms with Crippen molar-refractivity contribution in [2.45, 2.75) is 5.92 Å². The van der Waals surface area contributed by atoms with E-state index >= 15 is 0 Å². The van der Waals surface area contributed by atoms with E-state index in [1.54, 1.807) is 0 Å². The molecule has 0 saturated carbocycles. The Balaban J connectivity index is 2.47. The van der Waals surface area contributed by atoms with E-state index in [1.807, 2.05) is 36.4 Å². The standard InChI is InChI=1S/C14H12N2O3/c1-18-14(17)12-7-10(9-5-3-2-4-6-9)11(8-15)13(16)19-12/h2-7,10H,16H2,1H3/t10-/m1/s1. The summed E-state index contributed by atoms with van der Waals surface area (Å²) in [6.45, 7) is 0. The van der Waals surface area contributed by atoms with Crippen LogP contribution in [0.5, 0.6) is 0 Å². The van der Waals surface area contributed by atoms with Crippen LogP contribution in [0, 0.1) is 11.3 Å². The number of hydrogen-bond acceptors (Lipinski definition) is 5. The van der Waals surface area contributed by atoms with E-state index < -0.39 is 11.9 Å². The number of benzene rings is 1. The maximum absolute atomic E-state index is 11.5. The van der Waals surface area contributed by atoms with Crippen LogP contribution in [0.3, 0.4) is 0 Å². The molecule has 2 rings (SSSR count). The number of methoxy groups -OCH3 is 1. The maximum Gasteiger partial charge on any atom is 0.373 e. The first kappa shape index (κ1) is 12.7. The summed E-state index contributed by atoms with van der Waals surface area (Å²) in [6, 6.07) is 11.3. The normalized spacial score (nSPS) is 18.1. The first-order valence-electron chi connectivity index (χ1n) is 5.60. The molecule has 96 valence electrons. The van der Waals surface area contributed by atoms with E-state index in [9.17, 15) is 4.79 Å². The van der Waals surface area contributed by atoms with Gasteiger partial charge < -0.3 is 15.2 Å². The Labute approximate surface area is 110 Å². The molecule has 1 aliphatic heterocycles. The number of nitrogens with two attached hydrogens (primary N) is 1. The molecule has 0 amide bonds. The maximum atomic E-state index is 11.5. The Morgan fingerprint density at radius 3 is 2.68 bits per heavy atom. The molecule has 5 heteroatoms. The third kappa shape index (κ3) is 2.43. The fraction of sp³-hybridized carbons (Fsp3) is 0.143. The van der Waals surface area contributed by atoms with E-state index in [1.165, 1.54) is 13.2 Å². The van der Waals surface area contributed by atoms with Crippen LogP contribution in [0.2, 0.25) is 0 Å². The molecular formula is C14H12N2O3. The highest BCUT2D eigenvalue weighted by atomic mass is 16.6. The molecule has 1 heterocycles. The summed E-state index contributed by atoms with van der Waals surface area (Å²) < 4.78 is 9.71. The summed E-state index contributed by atoms with van der Waals surface area (Å²) in [5.74, 6) is -1.11. The Morgan fingerprint density at radius 1 is 1.42 bits per heavy atom. The Morgan fingerprint density at radius 2 is 2.11 bits per heavy atom. The molecule has 0 bridgehead atoms. The summed E-state index contributed by atoms with van der Waals surface area (Å²) in [5.41, 5.74) is 6.82. The van der Waals surface area contributed by atoms with Crippen molar-refractivity contribution in [2.24, 2.45) is 5.73 Å². The smallest absolute Gasteiger partial charge is 0.373 e. The number of nitriles is 1. The van der Waals surface area contributed by atoms with Crippen molar-refractivity contribution in [1.29, 1.82) is 5.26 Å². The second-order valence-corrected chi connectivity index (χ2v) is 3.90. The number of esters is 1. The summed E-state index contributed by atoms with van der Waals surface area (Å²) in [4.78, 5) is 11.5. The lowest BCUT2D eigenvalue weighted by Gasteiger charge is -2.21. The topological polar surface area (TPSA) is 85.3 Å². The molecular weight excluding hydrogens is 244 g/mol. The molecule has 0 spiro atoms. The zero-order chi connectivity index (χ0) is 13.8. The van der Waals surface area contributed by atoms with Gasteiger partial charge in [-0.15, -0.1) is 0 Å². The minimum absolute atomic E-state index is 0.00662. The second-order valence-electron chi connectivity index (χ2n) is 3.90. The molecule has 1 aliphatic rings. The quantitative estimate of drug-likeness (QED) is 0.811. The van der Waals surface area contributed by atoms with Gasteiger partial charge in [-0.25, -0.2) is 4.79 Å². The molecule has 5 nitrogen and oxygen atoms in total. The van der Waals surface area contributed by atoms with E-state index in [2.05, 4.69) is 4.74 Å². The summed E-state index contributed by atoms with van der Waals surface area (Å²) in [6.07, 6.45) is 1.54. The van der Waals surface area contributed by atoms with Crippen LogP contribution in [-0.2, 0) is 14.3 Å². The zero-order valence-electron chi connectivity index (χ0n) is 10.3. The fourth-order valence-electron chi connectivity index (χ4n) is 1.85. The van der Waals surface area contributed by atoms with Gasteiger partial charge in [-0.3, -0.25) is 0 Å². The molecule has 2 N–H and O–H groups in total. The van der Waals surface area contributed by atoms with Gasteiger partial charge in [-0.1, -0.05) is 30.3 Å². The van der Waals surface area contributed by atoms with E-state index in [-0.39, 0.29) is 17.2 Å². The number of rotatable bonds is 2. The number of allylic oxidation sites excluding steroid dienone is 2. The van der Waals surface area contributed by atoms with Gasteiger partial charge in [0.15, 0.2) is 0 Å². The van der Waals surface area contributed by atoms with Gasteiger partial charge >= 0.3 is 5.97 Å². The zero-order valence-corrected chi connectivity index (χ0v) is 10.3. The average molecular weight is 256 g/mol. The first-order chi connectivity index (χ1) is 9.17. The fourth-order valence-corrected chi connectivity index (χ4v) is 1.85. The van der Waals surface area contributed by atoms with Crippen LogP contribution in [0.4, 0.5) is 0 Å². The molecule has 0 saturated heterocycles. The van der Waals surface area contributed by atoms with Crippen LogP contribution in [0.1, 0.15) is 11.5 Å². The van der Waals surface area contributed by atoms with E-state index in [0.29, 0.717) is 0 Å². The minimum Gasteiger partial charge on any atom is -0.463 e. The van der Waals surface area contributed by atoms with Gasteiger partial charge in [0.25, 0.3) is 0 Å². The van der Waals surface area contributed by atoms with E-state index in [0.717, 1.165) is 5.56 Å². The number of nitrogens with zero attached hydrogens (tertiary/aromatic N) is 1. The molecule has 0 radical (unpaired) electrons.